The van der Waals surface area contributed by atoms with Crippen molar-refractivity contribution in [3.05, 3.63) is 23.3 Å². The molecule has 2 heterocycles. The van der Waals surface area contributed by atoms with E-state index >= 15 is 0 Å². The van der Waals surface area contributed by atoms with E-state index in [0.717, 1.165) is 12.0 Å². The summed E-state index contributed by atoms with van der Waals surface area (Å²) in [4.78, 5) is 29.9. The highest BCUT2D eigenvalue weighted by Crippen LogP contribution is 2.25. The molecule has 21 heavy (non-hydrogen) atoms. The maximum atomic E-state index is 11.8. The number of nitrogens with zero attached hydrogens (tertiary/aromatic N) is 1. The molecule has 2 amide bonds. The highest BCUT2D eigenvalue weighted by molar-refractivity contribution is 7.14. The van der Waals surface area contributed by atoms with E-state index in [2.05, 4.69) is 15.3 Å². The van der Waals surface area contributed by atoms with Gasteiger partial charge in [0.25, 0.3) is 5.91 Å². The number of carbonyl (C=O) groups is 2. The van der Waals surface area contributed by atoms with Crippen LogP contribution in [0, 0.1) is 0 Å². The fourth-order valence-corrected chi connectivity index (χ4v) is 2.51. The highest BCUT2D eigenvalue weighted by Gasteiger charge is 2.15. The first-order chi connectivity index (χ1) is 10.0. The number of rotatable bonds is 6. The number of hydrogen-bond acceptors (Lipinski definition) is 5. The van der Waals surface area contributed by atoms with Gasteiger partial charge in [0.1, 0.15) is 5.69 Å². The number of thiazole rings is 1. The van der Waals surface area contributed by atoms with Crippen molar-refractivity contribution in [2.75, 3.05) is 5.32 Å². The van der Waals surface area contributed by atoms with E-state index in [-0.39, 0.29) is 5.91 Å². The fourth-order valence-electron chi connectivity index (χ4n) is 1.79. The Morgan fingerprint density at radius 3 is 2.90 bits per heavy atom. The third-order valence-electron chi connectivity index (χ3n) is 2.92. The second-order valence-electron chi connectivity index (χ2n) is 4.59. The van der Waals surface area contributed by atoms with Gasteiger partial charge < -0.3 is 21.8 Å². The van der Waals surface area contributed by atoms with Gasteiger partial charge in [0.2, 0.25) is 5.91 Å². The van der Waals surface area contributed by atoms with Crippen LogP contribution in [0.25, 0.3) is 11.3 Å². The molecule has 8 heteroatoms. The Hall–Kier alpha value is -2.19. The molecule has 0 spiro atoms. The Balaban J connectivity index is 2.07. The second-order valence-corrected chi connectivity index (χ2v) is 5.45. The molecule has 6 N–H and O–H groups in total. The largest absolute Gasteiger partial charge is 0.364 e. The molecule has 2 rings (SSSR count). The predicted molar refractivity (Wildman–Crippen MR) is 81.9 cm³/mol. The number of hydrogen-bond donors (Lipinski definition) is 4. The molecule has 0 saturated carbocycles. The first-order valence-electron chi connectivity index (χ1n) is 6.51. The first kappa shape index (κ1) is 15.2. The van der Waals surface area contributed by atoms with Crippen LogP contribution in [0.2, 0.25) is 0 Å². The molecule has 0 fully saturated rings. The van der Waals surface area contributed by atoms with Crippen LogP contribution in [-0.2, 0) is 4.79 Å². The van der Waals surface area contributed by atoms with Gasteiger partial charge in [-0.25, -0.2) is 4.98 Å². The SMILES string of the molecule is CCCC(N)C(=O)Nc1nc(-c2c[nH]c(C(N)=O)c2)cs1. The molecule has 1 atom stereocenters. The van der Waals surface area contributed by atoms with Gasteiger partial charge in [-0.2, -0.15) is 0 Å². The van der Waals surface area contributed by atoms with Crippen molar-refractivity contribution in [3.63, 3.8) is 0 Å². The van der Waals surface area contributed by atoms with Crippen molar-refractivity contribution in [2.24, 2.45) is 11.5 Å². The zero-order valence-corrected chi connectivity index (χ0v) is 12.4. The predicted octanol–water partition coefficient (Wildman–Crippen LogP) is 1.30. The first-order valence-corrected chi connectivity index (χ1v) is 7.39. The number of H-pyrrole nitrogens is 1. The Kier molecular flexibility index (Phi) is 4.71. The summed E-state index contributed by atoms with van der Waals surface area (Å²) in [7, 11) is 0. The maximum Gasteiger partial charge on any atom is 0.265 e. The average molecular weight is 307 g/mol. The second kappa shape index (κ2) is 6.51. The summed E-state index contributed by atoms with van der Waals surface area (Å²) in [6, 6.07) is 1.09. The summed E-state index contributed by atoms with van der Waals surface area (Å²) >= 11 is 1.30. The molecule has 7 nitrogen and oxygen atoms in total. The van der Waals surface area contributed by atoms with Crippen LogP contribution in [0.3, 0.4) is 0 Å². The van der Waals surface area contributed by atoms with Gasteiger partial charge >= 0.3 is 0 Å². The minimum atomic E-state index is -0.532. The van der Waals surface area contributed by atoms with Gasteiger partial charge in [0.05, 0.1) is 11.7 Å². The molecule has 0 aromatic carbocycles. The third-order valence-corrected chi connectivity index (χ3v) is 3.67. The number of nitrogens with one attached hydrogen (secondary N) is 2. The summed E-state index contributed by atoms with van der Waals surface area (Å²) in [6.45, 7) is 1.97. The van der Waals surface area contributed by atoms with Gasteiger partial charge in [0.15, 0.2) is 5.13 Å². The molecule has 1 unspecified atom stereocenters. The summed E-state index contributed by atoms with van der Waals surface area (Å²) in [6.07, 6.45) is 3.12. The third kappa shape index (κ3) is 3.67. The van der Waals surface area contributed by atoms with Crippen LogP contribution >= 0.6 is 11.3 Å². The number of aromatic amines is 1. The molecule has 0 radical (unpaired) electrons. The van der Waals surface area contributed by atoms with Crippen molar-refractivity contribution in [3.8, 4) is 11.3 Å². The van der Waals surface area contributed by atoms with E-state index in [4.69, 9.17) is 11.5 Å². The Morgan fingerprint density at radius 2 is 2.29 bits per heavy atom. The van der Waals surface area contributed by atoms with Crippen LogP contribution in [0.1, 0.15) is 30.3 Å². The zero-order chi connectivity index (χ0) is 15.4. The minimum Gasteiger partial charge on any atom is -0.364 e. The molecule has 2 aromatic rings. The van der Waals surface area contributed by atoms with Crippen LogP contribution in [-0.4, -0.2) is 27.8 Å². The lowest BCUT2D eigenvalue weighted by molar-refractivity contribution is -0.117. The Bertz CT molecular complexity index is 649. The quantitative estimate of drug-likeness (QED) is 0.641. The molecule has 112 valence electrons. The molecular formula is C13H17N5O2S. The number of amides is 2. The average Bonchev–Trinajstić information content (AvgIpc) is 3.06. The lowest BCUT2D eigenvalue weighted by Gasteiger charge is -2.08. The maximum absolute atomic E-state index is 11.8. The summed E-state index contributed by atoms with van der Waals surface area (Å²) in [5.41, 5.74) is 12.6. The van der Waals surface area contributed by atoms with Gasteiger partial charge in [0, 0.05) is 17.1 Å². The fraction of sp³-hybridized carbons (Fsp3) is 0.308. The lowest BCUT2D eigenvalue weighted by Crippen LogP contribution is -2.35. The number of anilines is 1. The van der Waals surface area contributed by atoms with Crippen molar-refractivity contribution in [2.45, 2.75) is 25.8 Å². The Morgan fingerprint density at radius 1 is 1.52 bits per heavy atom. The van der Waals surface area contributed by atoms with Crippen molar-refractivity contribution >= 4 is 28.3 Å². The standard InChI is InChI=1S/C13H17N5O2S/c1-2-3-8(14)12(20)18-13-17-10(6-21-13)7-4-9(11(15)19)16-5-7/h4-6,8,16H,2-3,14H2,1H3,(H2,15,19)(H,17,18,20). The zero-order valence-electron chi connectivity index (χ0n) is 11.6. The molecule has 2 aromatic heterocycles. The van der Waals surface area contributed by atoms with Crippen LogP contribution in [0.15, 0.2) is 17.6 Å². The topological polar surface area (TPSA) is 127 Å². The summed E-state index contributed by atoms with van der Waals surface area (Å²) in [5.74, 6) is -0.778. The van der Waals surface area contributed by atoms with E-state index in [9.17, 15) is 9.59 Å². The van der Waals surface area contributed by atoms with Crippen molar-refractivity contribution < 1.29 is 9.59 Å². The van der Waals surface area contributed by atoms with E-state index in [1.165, 1.54) is 11.3 Å². The van der Waals surface area contributed by atoms with E-state index in [1.54, 1.807) is 17.6 Å². The van der Waals surface area contributed by atoms with Crippen molar-refractivity contribution in [1.82, 2.24) is 9.97 Å². The number of nitrogens with two attached hydrogens (primary N) is 2. The smallest absolute Gasteiger partial charge is 0.265 e. The Labute approximate surface area is 125 Å². The van der Waals surface area contributed by atoms with E-state index < -0.39 is 11.9 Å². The molecular weight excluding hydrogens is 290 g/mol. The van der Waals surface area contributed by atoms with Crippen LogP contribution in [0.5, 0.6) is 0 Å². The molecule has 0 aliphatic carbocycles. The minimum absolute atomic E-state index is 0.246. The summed E-state index contributed by atoms with van der Waals surface area (Å²) < 4.78 is 0. The number of primary amides is 1. The molecule has 0 aliphatic rings. The van der Waals surface area contributed by atoms with Gasteiger partial charge in [-0.05, 0) is 12.5 Å². The molecule has 0 aliphatic heterocycles. The lowest BCUT2D eigenvalue weighted by atomic mass is 10.2. The number of aromatic nitrogens is 2. The number of carbonyl (C=O) groups excluding carboxylic acids is 2. The van der Waals surface area contributed by atoms with E-state index in [1.807, 2.05) is 6.92 Å². The molecule has 0 bridgehead atoms. The normalized spacial score (nSPS) is 12.1. The van der Waals surface area contributed by atoms with Crippen LogP contribution < -0.4 is 16.8 Å². The van der Waals surface area contributed by atoms with E-state index in [0.29, 0.717) is 22.9 Å². The van der Waals surface area contributed by atoms with Gasteiger partial charge in [-0.3, -0.25) is 9.59 Å². The van der Waals surface area contributed by atoms with Gasteiger partial charge in [-0.15, -0.1) is 11.3 Å². The summed E-state index contributed by atoms with van der Waals surface area (Å²) in [5, 5.41) is 4.95. The van der Waals surface area contributed by atoms with Crippen LogP contribution in [0.4, 0.5) is 5.13 Å². The monoisotopic (exact) mass is 307 g/mol. The molecule has 0 saturated heterocycles. The highest BCUT2D eigenvalue weighted by atomic mass is 32.1. The van der Waals surface area contributed by atoms with Crippen molar-refractivity contribution in [1.29, 1.82) is 0 Å². The van der Waals surface area contributed by atoms with Gasteiger partial charge in [-0.1, -0.05) is 13.3 Å².